The van der Waals surface area contributed by atoms with Gasteiger partial charge < -0.3 is 10.3 Å². The topological polar surface area (TPSA) is 78.1 Å². The normalized spacial score (nSPS) is 13.8. The molecule has 0 unspecified atom stereocenters. The second-order valence-electron chi connectivity index (χ2n) is 4.44. The molecular formula is C13H10F2N4O2S. The smallest absolute Gasteiger partial charge is 0.328 e. The Hall–Kier alpha value is -2.42. The highest BCUT2D eigenvalue weighted by molar-refractivity contribution is 7.98. The summed E-state index contributed by atoms with van der Waals surface area (Å²) in [5.74, 6) is -1.91. The van der Waals surface area contributed by atoms with Crippen molar-refractivity contribution in [2.75, 3.05) is 11.2 Å². The number of halogens is 2. The number of nitrogens with zero attached hydrogens (tertiary/aromatic N) is 2. The van der Waals surface area contributed by atoms with Crippen LogP contribution in [0.1, 0.15) is 5.56 Å². The van der Waals surface area contributed by atoms with Crippen LogP contribution in [0.25, 0.3) is 0 Å². The van der Waals surface area contributed by atoms with Crippen molar-refractivity contribution in [1.29, 1.82) is 0 Å². The van der Waals surface area contributed by atoms with Crippen molar-refractivity contribution in [3.05, 3.63) is 45.8 Å². The van der Waals surface area contributed by atoms with Gasteiger partial charge >= 0.3 is 6.03 Å². The summed E-state index contributed by atoms with van der Waals surface area (Å²) in [6.07, 6.45) is 1.68. The number of hydrogen-bond donors (Lipinski definition) is 2. The molecule has 2 amide bonds. The second kappa shape index (κ2) is 5.41. The van der Waals surface area contributed by atoms with E-state index < -0.39 is 28.9 Å². The number of fused-ring (bicyclic) bond motifs is 1. The number of rotatable bonds is 2. The number of H-pyrrole nitrogens is 1. The van der Waals surface area contributed by atoms with E-state index in [2.05, 4.69) is 15.3 Å². The lowest BCUT2D eigenvalue weighted by atomic mass is 10.2. The number of urea groups is 1. The number of amides is 2. The van der Waals surface area contributed by atoms with Crippen LogP contribution >= 0.6 is 11.8 Å². The van der Waals surface area contributed by atoms with Gasteiger partial charge in [0.2, 0.25) is 0 Å². The number of carbonyl (C=O) groups is 1. The average Bonchev–Trinajstić information content (AvgIpc) is 2.48. The number of benzene rings is 1. The van der Waals surface area contributed by atoms with Gasteiger partial charge in [-0.15, -0.1) is 0 Å². The molecule has 0 spiro atoms. The van der Waals surface area contributed by atoms with Gasteiger partial charge in [-0.25, -0.2) is 23.5 Å². The first kappa shape index (κ1) is 14.5. The zero-order valence-corrected chi connectivity index (χ0v) is 12.1. The third-order valence-corrected chi connectivity index (χ3v) is 3.74. The summed E-state index contributed by atoms with van der Waals surface area (Å²) < 4.78 is 28.0. The van der Waals surface area contributed by atoms with Crippen LogP contribution in [0.5, 0.6) is 0 Å². The molecule has 22 heavy (non-hydrogen) atoms. The van der Waals surface area contributed by atoms with Gasteiger partial charge in [0.15, 0.2) is 11.0 Å². The van der Waals surface area contributed by atoms with Crippen molar-refractivity contribution in [2.45, 2.75) is 11.7 Å². The summed E-state index contributed by atoms with van der Waals surface area (Å²) in [4.78, 5) is 31.5. The van der Waals surface area contributed by atoms with Gasteiger partial charge in [-0.05, 0) is 18.4 Å². The van der Waals surface area contributed by atoms with Crippen LogP contribution in [0.15, 0.2) is 28.2 Å². The molecule has 2 aromatic rings. The minimum Gasteiger partial charge on any atom is -0.333 e. The van der Waals surface area contributed by atoms with Gasteiger partial charge in [0.25, 0.3) is 5.56 Å². The molecule has 2 N–H and O–H groups in total. The van der Waals surface area contributed by atoms with E-state index in [1.807, 2.05) is 0 Å². The lowest BCUT2D eigenvalue weighted by molar-refractivity contribution is 0.246. The first-order chi connectivity index (χ1) is 10.5. The maximum Gasteiger partial charge on any atom is 0.328 e. The minimum atomic E-state index is -0.921. The predicted octanol–water partition coefficient (Wildman–Crippen LogP) is 2.13. The van der Waals surface area contributed by atoms with E-state index in [0.717, 1.165) is 28.8 Å². The Balaban J connectivity index is 2.28. The molecule has 6 nitrogen and oxygen atoms in total. The van der Waals surface area contributed by atoms with Crippen LogP contribution in [0.3, 0.4) is 0 Å². The van der Waals surface area contributed by atoms with Crippen molar-refractivity contribution in [2.24, 2.45) is 0 Å². The van der Waals surface area contributed by atoms with Gasteiger partial charge in [0, 0.05) is 0 Å². The van der Waals surface area contributed by atoms with Crippen molar-refractivity contribution >= 4 is 29.3 Å². The standard InChI is InChI=1S/C13H10F2N4O2S/c1-22-12-17-10-6(11(20)18-12)5-16-13(21)19(10)9-7(14)3-2-4-8(9)15/h2-4H,5H2,1H3,(H,16,21)(H,17,18,20). The quantitative estimate of drug-likeness (QED) is 0.655. The fourth-order valence-corrected chi connectivity index (χ4v) is 2.53. The fourth-order valence-electron chi connectivity index (χ4n) is 2.16. The highest BCUT2D eigenvalue weighted by atomic mass is 32.2. The van der Waals surface area contributed by atoms with Gasteiger partial charge in [0.1, 0.15) is 17.3 Å². The van der Waals surface area contributed by atoms with Crippen LogP contribution in [0.2, 0.25) is 0 Å². The van der Waals surface area contributed by atoms with E-state index >= 15 is 0 Å². The van der Waals surface area contributed by atoms with E-state index in [9.17, 15) is 18.4 Å². The number of aromatic amines is 1. The Bertz CT molecular complexity index is 804. The van der Waals surface area contributed by atoms with E-state index in [0.29, 0.717) is 0 Å². The molecule has 1 aliphatic rings. The van der Waals surface area contributed by atoms with E-state index in [-0.39, 0.29) is 23.1 Å². The summed E-state index contributed by atoms with van der Waals surface area (Å²) in [5.41, 5.74) is -0.887. The summed E-state index contributed by atoms with van der Waals surface area (Å²) in [6, 6.07) is 2.50. The first-order valence-corrected chi connectivity index (χ1v) is 7.44. The highest BCUT2D eigenvalue weighted by Gasteiger charge is 2.33. The van der Waals surface area contributed by atoms with Crippen LogP contribution in [-0.2, 0) is 6.54 Å². The molecule has 0 radical (unpaired) electrons. The molecule has 0 aliphatic carbocycles. The van der Waals surface area contributed by atoms with E-state index in [1.165, 1.54) is 6.07 Å². The number of para-hydroxylation sites is 1. The third-order valence-electron chi connectivity index (χ3n) is 3.16. The first-order valence-electron chi connectivity index (χ1n) is 6.22. The van der Waals surface area contributed by atoms with E-state index in [1.54, 1.807) is 6.26 Å². The van der Waals surface area contributed by atoms with Gasteiger partial charge in [0.05, 0.1) is 12.1 Å². The summed E-state index contributed by atoms with van der Waals surface area (Å²) in [5, 5.41) is 2.66. The summed E-state index contributed by atoms with van der Waals surface area (Å²) in [7, 11) is 0. The van der Waals surface area contributed by atoms with Crippen LogP contribution in [0.4, 0.5) is 25.1 Å². The predicted molar refractivity (Wildman–Crippen MR) is 77.4 cm³/mol. The Kier molecular flexibility index (Phi) is 3.57. The largest absolute Gasteiger partial charge is 0.333 e. The van der Waals surface area contributed by atoms with Crippen molar-refractivity contribution in [3.8, 4) is 0 Å². The Morgan fingerprint density at radius 1 is 1.27 bits per heavy atom. The maximum absolute atomic E-state index is 14.0. The zero-order valence-electron chi connectivity index (χ0n) is 11.3. The zero-order chi connectivity index (χ0) is 15.9. The number of hydrogen-bond acceptors (Lipinski definition) is 4. The molecular weight excluding hydrogens is 314 g/mol. The van der Waals surface area contributed by atoms with Gasteiger partial charge in [-0.1, -0.05) is 17.8 Å². The van der Waals surface area contributed by atoms with Crippen molar-refractivity contribution in [3.63, 3.8) is 0 Å². The minimum absolute atomic E-state index is 0.0578. The number of carbonyl (C=O) groups excluding carboxylic acids is 1. The summed E-state index contributed by atoms with van der Waals surface area (Å²) >= 11 is 1.15. The second-order valence-corrected chi connectivity index (χ2v) is 5.24. The Morgan fingerprint density at radius 3 is 2.59 bits per heavy atom. The SMILES string of the molecule is CSc1nc2c(c(=O)[nH]1)CNC(=O)N2c1c(F)cccc1F. The molecule has 1 aromatic heterocycles. The Labute approximate surface area is 127 Å². The van der Waals surface area contributed by atoms with Crippen molar-refractivity contribution in [1.82, 2.24) is 15.3 Å². The number of aromatic nitrogens is 2. The number of anilines is 2. The number of nitrogens with one attached hydrogen (secondary N) is 2. The fraction of sp³-hybridized carbons (Fsp3) is 0.154. The monoisotopic (exact) mass is 324 g/mol. The molecule has 0 atom stereocenters. The molecule has 114 valence electrons. The van der Waals surface area contributed by atoms with Crippen LogP contribution < -0.4 is 15.8 Å². The molecule has 0 saturated carbocycles. The van der Waals surface area contributed by atoms with Crippen molar-refractivity contribution < 1.29 is 13.6 Å². The maximum atomic E-state index is 14.0. The number of thioether (sulfide) groups is 1. The van der Waals surface area contributed by atoms with Gasteiger partial charge in [-0.3, -0.25) is 4.79 Å². The summed E-state index contributed by atoms with van der Waals surface area (Å²) in [6.45, 7) is -0.0578. The van der Waals surface area contributed by atoms with E-state index in [4.69, 9.17) is 0 Å². The lowest BCUT2D eigenvalue weighted by Crippen LogP contribution is -2.45. The lowest BCUT2D eigenvalue weighted by Gasteiger charge is -2.28. The molecule has 9 heteroatoms. The molecule has 0 fully saturated rings. The van der Waals surface area contributed by atoms with Crippen LogP contribution in [0, 0.1) is 11.6 Å². The molecule has 1 aliphatic heterocycles. The molecule has 0 saturated heterocycles. The Morgan fingerprint density at radius 2 is 1.95 bits per heavy atom. The molecule has 1 aromatic carbocycles. The molecule has 3 rings (SSSR count). The van der Waals surface area contributed by atoms with Crippen LogP contribution in [-0.4, -0.2) is 22.3 Å². The third kappa shape index (κ3) is 2.23. The molecule has 0 bridgehead atoms. The van der Waals surface area contributed by atoms with Gasteiger partial charge in [-0.2, -0.15) is 0 Å². The highest BCUT2D eigenvalue weighted by Crippen LogP contribution is 2.33. The average molecular weight is 324 g/mol. The molecule has 2 heterocycles.